The summed E-state index contributed by atoms with van der Waals surface area (Å²) in [5.41, 5.74) is 2.66. The molecular weight excluding hydrogens is 288 g/mol. The molecule has 0 spiro atoms. The average Bonchev–Trinajstić information content (AvgIpc) is 2.53. The number of hydrogen-bond donors (Lipinski definition) is 1. The van der Waals surface area contributed by atoms with Crippen molar-refractivity contribution in [3.05, 3.63) is 45.8 Å². The van der Waals surface area contributed by atoms with Crippen LogP contribution in [0.3, 0.4) is 0 Å². The first-order chi connectivity index (χ1) is 11.2. The predicted molar refractivity (Wildman–Crippen MR) is 93.8 cm³/mol. The maximum Gasteiger partial charge on any atom is 0.336 e. The Kier molecular flexibility index (Phi) is 5.13. The molecule has 1 aliphatic heterocycles. The highest BCUT2D eigenvalue weighted by Crippen LogP contribution is 2.24. The first-order valence-electron chi connectivity index (χ1n) is 8.56. The molecule has 1 aliphatic rings. The van der Waals surface area contributed by atoms with E-state index in [2.05, 4.69) is 22.3 Å². The van der Waals surface area contributed by atoms with Crippen molar-refractivity contribution in [2.75, 3.05) is 26.7 Å². The maximum absolute atomic E-state index is 11.8. The molecule has 1 N–H and O–H groups in total. The lowest BCUT2D eigenvalue weighted by Crippen LogP contribution is -2.34. The van der Waals surface area contributed by atoms with Gasteiger partial charge in [-0.05, 0) is 76.0 Å². The molecule has 2 heterocycles. The number of rotatable bonds is 5. The lowest BCUT2D eigenvalue weighted by molar-refractivity contribution is 0.172. The van der Waals surface area contributed by atoms with Crippen LogP contribution in [0.2, 0.25) is 0 Å². The molecule has 0 atom stereocenters. The summed E-state index contributed by atoms with van der Waals surface area (Å²) in [4.78, 5) is 14.3. The number of nitrogens with one attached hydrogen (secondary N) is 1. The SMILES string of the molecule is CNCCC1CCN(Cc2cc(=O)oc3cc(C)ccc23)CC1. The summed E-state index contributed by atoms with van der Waals surface area (Å²) in [6, 6.07) is 7.76. The Hall–Kier alpha value is -1.65. The van der Waals surface area contributed by atoms with Crippen LogP contribution in [0.5, 0.6) is 0 Å². The summed E-state index contributed by atoms with van der Waals surface area (Å²) >= 11 is 0. The Labute approximate surface area is 137 Å². The van der Waals surface area contributed by atoms with E-state index in [1.165, 1.54) is 19.3 Å². The van der Waals surface area contributed by atoms with Gasteiger partial charge in [0.2, 0.25) is 0 Å². The first-order valence-corrected chi connectivity index (χ1v) is 8.56. The minimum absolute atomic E-state index is 0.248. The van der Waals surface area contributed by atoms with Gasteiger partial charge in [0.15, 0.2) is 0 Å². The summed E-state index contributed by atoms with van der Waals surface area (Å²) in [6.07, 6.45) is 3.77. The topological polar surface area (TPSA) is 45.5 Å². The van der Waals surface area contributed by atoms with E-state index in [9.17, 15) is 4.79 Å². The molecule has 0 aliphatic carbocycles. The monoisotopic (exact) mass is 314 g/mol. The summed E-state index contributed by atoms with van der Waals surface area (Å²) in [6.45, 7) is 6.18. The zero-order chi connectivity index (χ0) is 16.2. The molecule has 4 heteroatoms. The van der Waals surface area contributed by atoms with E-state index in [1.807, 2.05) is 20.0 Å². The molecule has 1 fully saturated rings. The van der Waals surface area contributed by atoms with Gasteiger partial charge >= 0.3 is 5.63 Å². The number of hydrogen-bond acceptors (Lipinski definition) is 4. The number of aryl methyl sites for hydroxylation is 1. The molecule has 2 aromatic rings. The van der Waals surface area contributed by atoms with E-state index in [4.69, 9.17) is 4.42 Å². The van der Waals surface area contributed by atoms with E-state index < -0.39 is 0 Å². The van der Waals surface area contributed by atoms with Crippen LogP contribution in [0.1, 0.15) is 30.4 Å². The van der Waals surface area contributed by atoms with Crippen molar-refractivity contribution >= 4 is 11.0 Å². The summed E-state index contributed by atoms with van der Waals surface area (Å²) < 4.78 is 5.35. The first kappa shape index (κ1) is 16.2. The van der Waals surface area contributed by atoms with Gasteiger partial charge in [-0.3, -0.25) is 4.90 Å². The smallest absolute Gasteiger partial charge is 0.336 e. The Balaban J connectivity index is 1.71. The van der Waals surface area contributed by atoms with E-state index >= 15 is 0 Å². The van der Waals surface area contributed by atoms with Gasteiger partial charge < -0.3 is 9.73 Å². The molecule has 0 amide bonds. The predicted octanol–water partition coefficient (Wildman–Crippen LogP) is 2.92. The molecule has 0 bridgehead atoms. The average molecular weight is 314 g/mol. The van der Waals surface area contributed by atoms with Crippen molar-refractivity contribution in [1.29, 1.82) is 0 Å². The minimum Gasteiger partial charge on any atom is -0.423 e. The van der Waals surface area contributed by atoms with Crippen LogP contribution < -0.4 is 10.9 Å². The van der Waals surface area contributed by atoms with Crippen LogP contribution in [0.25, 0.3) is 11.0 Å². The Morgan fingerprint density at radius 2 is 2.04 bits per heavy atom. The van der Waals surface area contributed by atoms with Crippen molar-refractivity contribution in [1.82, 2.24) is 10.2 Å². The van der Waals surface area contributed by atoms with Gasteiger partial charge in [-0.2, -0.15) is 0 Å². The van der Waals surface area contributed by atoms with Gasteiger partial charge in [-0.1, -0.05) is 12.1 Å². The molecule has 23 heavy (non-hydrogen) atoms. The van der Waals surface area contributed by atoms with Gasteiger partial charge in [-0.25, -0.2) is 4.79 Å². The van der Waals surface area contributed by atoms with E-state index in [0.29, 0.717) is 5.58 Å². The Bertz CT molecular complexity index is 715. The molecule has 0 saturated carbocycles. The number of benzene rings is 1. The number of fused-ring (bicyclic) bond motifs is 1. The Morgan fingerprint density at radius 3 is 2.78 bits per heavy atom. The number of likely N-dealkylation sites (tertiary alicyclic amines) is 1. The standard InChI is InChI=1S/C19H26N2O2/c1-14-3-4-17-16(12-19(22)23-18(17)11-14)13-21-9-6-15(7-10-21)5-8-20-2/h3-4,11-12,15,20H,5-10,13H2,1-2H3. The largest absolute Gasteiger partial charge is 0.423 e. The van der Waals surface area contributed by atoms with Crippen LogP contribution in [-0.2, 0) is 6.54 Å². The molecule has 0 unspecified atom stereocenters. The second-order valence-corrected chi connectivity index (χ2v) is 6.70. The molecule has 124 valence electrons. The zero-order valence-corrected chi connectivity index (χ0v) is 14.1. The number of nitrogens with zero attached hydrogens (tertiary/aromatic N) is 1. The summed E-state index contributed by atoms with van der Waals surface area (Å²) in [7, 11) is 2.02. The van der Waals surface area contributed by atoms with E-state index in [1.54, 1.807) is 6.07 Å². The third-order valence-corrected chi connectivity index (χ3v) is 4.89. The summed E-state index contributed by atoms with van der Waals surface area (Å²) in [5, 5.41) is 4.30. The van der Waals surface area contributed by atoms with Crippen LogP contribution in [0.15, 0.2) is 33.5 Å². The normalized spacial score (nSPS) is 17.0. The molecule has 1 aromatic heterocycles. The van der Waals surface area contributed by atoms with Crippen LogP contribution >= 0.6 is 0 Å². The lowest BCUT2D eigenvalue weighted by atomic mass is 9.93. The fraction of sp³-hybridized carbons (Fsp3) is 0.526. The molecule has 1 aromatic carbocycles. The number of piperidine rings is 1. The van der Waals surface area contributed by atoms with Crippen molar-refractivity contribution in [2.24, 2.45) is 5.92 Å². The van der Waals surface area contributed by atoms with Crippen molar-refractivity contribution in [2.45, 2.75) is 32.7 Å². The minimum atomic E-state index is -0.248. The molecular formula is C19H26N2O2. The van der Waals surface area contributed by atoms with Crippen LogP contribution in [-0.4, -0.2) is 31.6 Å². The third-order valence-electron chi connectivity index (χ3n) is 4.89. The summed E-state index contributed by atoms with van der Waals surface area (Å²) in [5.74, 6) is 0.832. The van der Waals surface area contributed by atoms with Gasteiger partial charge in [0.25, 0.3) is 0 Å². The highest BCUT2D eigenvalue weighted by atomic mass is 16.4. The lowest BCUT2D eigenvalue weighted by Gasteiger charge is -2.32. The fourth-order valence-electron chi connectivity index (χ4n) is 3.49. The van der Waals surface area contributed by atoms with Crippen molar-refractivity contribution < 1.29 is 4.42 Å². The quantitative estimate of drug-likeness (QED) is 0.862. The van der Waals surface area contributed by atoms with Crippen molar-refractivity contribution in [3.63, 3.8) is 0 Å². The molecule has 4 nitrogen and oxygen atoms in total. The van der Waals surface area contributed by atoms with Gasteiger partial charge in [-0.15, -0.1) is 0 Å². The van der Waals surface area contributed by atoms with Gasteiger partial charge in [0, 0.05) is 18.0 Å². The zero-order valence-electron chi connectivity index (χ0n) is 14.1. The third kappa shape index (κ3) is 4.01. The molecule has 1 saturated heterocycles. The second-order valence-electron chi connectivity index (χ2n) is 6.70. The van der Waals surface area contributed by atoms with Crippen molar-refractivity contribution in [3.8, 4) is 0 Å². The van der Waals surface area contributed by atoms with Gasteiger partial charge in [0.1, 0.15) is 5.58 Å². The van der Waals surface area contributed by atoms with Crippen LogP contribution in [0, 0.1) is 12.8 Å². The van der Waals surface area contributed by atoms with E-state index in [0.717, 1.165) is 48.6 Å². The maximum atomic E-state index is 11.8. The fourth-order valence-corrected chi connectivity index (χ4v) is 3.49. The molecule has 3 rings (SSSR count). The Morgan fingerprint density at radius 1 is 1.26 bits per heavy atom. The highest BCUT2D eigenvalue weighted by Gasteiger charge is 2.19. The molecule has 0 radical (unpaired) electrons. The van der Waals surface area contributed by atoms with Crippen LogP contribution in [0.4, 0.5) is 0 Å². The second kappa shape index (κ2) is 7.28. The van der Waals surface area contributed by atoms with E-state index in [-0.39, 0.29) is 5.63 Å². The highest BCUT2D eigenvalue weighted by molar-refractivity contribution is 5.80. The van der Waals surface area contributed by atoms with Gasteiger partial charge in [0.05, 0.1) is 0 Å².